The maximum absolute atomic E-state index is 12.9. The van der Waals surface area contributed by atoms with Crippen LogP contribution in [0.5, 0.6) is 0 Å². The maximum atomic E-state index is 12.9. The number of nitrogens with one attached hydrogen (secondary N) is 1. The molecule has 3 heterocycles. The molecule has 0 spiro atoms. The van der Waals surface area contributed by atoms with Gasteiger partial charge in [0.1, 0.15) is 0 Å². The van der Waals surface area contributed by atoms with Crippen LogP contribution in [0.1, 0.15) is 43.1 Å². The highest BCUT2D eigenvalue weighted by atomic mass is 32.2. The molecule has 142 valence electrons. The number of pyridine rings is 1. The van der Waals surface area contributed by atoms with Gasteiger partial charge in [0.15, 0.2) is 5.65 Å². The SMILES string of the molecule is CC(C)n1ncc2cc(C(=O)N3CCCC(CNS(C)(=O)=O)C3)cnc21. The number of rotatable bonds is 5. The third-order valence-corrected chi connectivity index (χ3v) is 5.30. The molecule has 1 unspecified atom stereocenters. The predicted octanol–water partition coefficient (Wildman–Crippen LogP) is 1.41. The number of nitrogens with zero attached hydrogens (tertiary/aromatic N) is 4. The molecule has 3 rings (SSSR count). The van der Waals surface area contributed by atoms with Crippen LogP contribution in [0.2, 0.25) is 0 Å². The molecule has 1 N–H and O–H groups in total. The first-order valence-electron chi connectivity index (χ1n) is 8.82. The second-order valence-electron chi connectivity index (χ2n) is 7.20. The van der Waals surface area contributed by atoms with E-state index in [0.717, 1.165) is 30.1 Å². The number of hydrogen-bond donors (Lipinski definition) is 1. The number of sulfonamides is 1. The minimum Gasteiger partial charge on any atom is -0.338 e. The minimum atomic E-state index is -3.22. The molecule has 0 radical (unpaired) electrons. The first kappa shape index (κ1) is 18.8. The predicted molar refractivity (Wildman–Crippen MR) is 99.4 cm³/mol. The van der Waals surface area contributed by atoms with E-state index in [1.54, 1.807) is 17.3 Å². The summed E-state index contributed by atoms with van der Waals surface area (Å²) in [5.74, 6) is 0.0589. The summed E-state index contributed by atoms with van der Waals surface area (Å²) in [6.45, 7) is 5.65. The molecule has 26 heavy (non-hydrogen) atoms. The highest BCUT2D eigenvalue weighted by molar-refractivity contribution is 7.88. The van der Waals surface area contributed by atoms with Gasteiger partial charge in [-0.1, -0.05) is 0 Å². The number of likely N-dealkylation sites (tertiary alicyclic amines) is 1. The molecule has 2 aromatic rings. The molecule has 8 nitrogen and oxygen atoms in total. The fourth-order valence-electron chi connectivity index (χ4n) is 3.30. The zero-order valence-electron chi connectivity index (χ0n) is 15.3. The third-order valence-electron chi connectivity index (χ3n) is 4.61. The van der Waals surface area contributed by atoms with E-state index in [1.165, 1.54) is 0 Å². The summed E-state index contributed by atoms with van der Waals surface area (Å²) in [7, 11) is -3.22. The van der Waals surface area contributed by atoms with Crippen LogP contribution in [0.4, 0.5) is 0 Å². The molecule has 1 saturated heterocycles. The van der Waals surface area contributed by atoms with Gasteiger partial charge >= 0.3 is 0 Å². The molecular weight excluding hydrogens is 354 g/mol. The van der Waals surface area contributed by atoms with Crippen molar-refractivity contribution in [2.45, 2.75) is 32.7 Å². The van der Waals surface area contributed by atoms with Crippen molar-refractivity contribution < 1.29 is 13.2 Å². The van der Waals surface area contributed by atoms with Crippen LogP contribution in [-0.2, 0) is 10.0 Å². The number of carbonyl (C=O) groups is 1. The van der Waals surface area contributed by atoms with E-state index in [4.69, 9.17) is 0 Å². The lowest BCUT2D eigenvalue weighted by atomic mass is 9.98. The largest absolute Gasteiger partial charge is 0.338 e. The molecule has 9 heteroatoms. The monoisotopic (exact) mass is 379 g/mol. The van der Waals surface area contributed by atoms with Gasteiger partial charge in [0.2, 0.25) is 10.0 Å². The normalized spacial score (nSPS) is 18.6. The lowest BCUT2D eigenvalue weighted by Gasteiger charge is -2.32. The van der Waals surface area contributed by atoms with Crippen molar-refractivity contribution in [1.29, 1.82) is 0 Å². The van der Waals surface area contributed by atoms with Gasteiger partial charge in [-0.25, -0.2) is 22.8 Å². The van der Waals surface area contributed by atoms with E-state index in [-0.39, 0.29) is 17.9 Å². The molecule has 1 aliphatic heterocycles. The van der Waals surface area contributed by atoms with Gasteiger partial charge in [-0.15, -0.1) is 0 Å². The summed E-state index contributed by atoms with van der Waals surface area (Å²) >= 11 is 0. The Balaban J connectivity index is 1.73. The molecule has 0 bridgehead atoms. The standard InChI is InChI=1S/C17H25N5O3S/c1-12(2)22-16-14(10-19-22)7-15(9-18-16)17(23)21-6-4-5-13(11-21)8-20-26(3,24)25/h7,9-10,12-13,20H,4-6,8,11H2,1-3H3. The van der Waals surface area contributed by atoms with Gasteiger partial charge in [-0.05, 0) is 38.7 Å². The highest BCUT2D eigenvalue weighted by Gasteiger charge is 2.25. The Kier molecular flexibility index (Phi) is 5.29. The van der Waals surface area contributed by atoms with E-state index in [2.05, 4.69) is 14.8 Å². The van der Waals surface area contributed by atoms with E-state index in [1.807, 2.05) is 24.6 Å². The van der Waals surface area contributed by atoms with E-state index in [0.29, 0.717) is 25.2 Å². The van der Waals surface area contributed by atoms with E-state index >= 15 is 0 Å². The summed E-state index contributed by atoms with van der Waals surface area (Å²) in [6, 6.07) is 2.03. The first-order valence-corrected chi connectivity index (χ1v) is 10.7. The quantitative estimate of drug-likeness (QED) is 0.847. The van der Waals surface area contributed by atoms with Crippen molar-refractivity contribution in [3.63, 3.8) is 0 Å². The van der Waals surface area contributed by atoms with Gasteiger partial charge in [0, 0.05) is 37.3 Å². The number of carbonyl (C=O) groups excluding carboxylic acids is 1. The summed E-state index contributed by atoms with van der Waals surface area (Å²) < 4.78 is 26.9. The van der Waals surface area contributed by atoms with Gasteiger partial charge < -0.3 is 4.90 Å². The second-order valence-corrected chi connectivity index (χ2v) is 9.03. The van der Waals surface area contributed by atoms with Gasteiger partial charge in [0.05, 0.1) is 18.0 Å². The molecule has 1 atom stereocenters. The Labute approximate surface area is 153 Å². The molecule has 1 amide bonds. The molecule has 1 aliphatic rings. The number of hydrogen-bond acceptors (Lipinski definition) is 5. The second kappa shape index (κ2) is 7.32. The molecule has 2 aromatic heterocycles. The fraction of sp³-hybridized carbons (Fsp3) is 0.588. The summed E-state index contributed by atoms with van der Waals surface area (Å²) in [5.41, 5.74) is 1.31. The average molecular weight is 379 g/mol. The van der Waals surface area contributed by atoms with Crippen molar-refractivity contribution >= 4 is 27.0 Å². The summed E-state index contributed by atoms with van der Waals surface area (Å²) in [5, 5.41) is 5.18. The maximum Gasteiger partial charge on any atom is 0.255 e. The Bertz CT molecular complexity index is 906. The Morgan fingerprint density at radius 2 is 2.15 bits per heavy atom. The smallest absolute Gasteiger partial charge is 0.255 e. The molecule has 0 aliphatic carbocycles. The van der Waals surface area contributed by atoms with Crippen LogP contribution in [0.15, 0.2) is 18.5 Å². The van der Waals surface area contributed by atoms with Crippen molar-refractivity contribution in [2.24, 2.45) is 5.92 Å². The average Bonchev–Trinajstić information content (AvgIpc) is 3.02. The van der Waals surface area contributed by atoms with E-state index in [9.17, 15) is 13.2 Å². The van der Waals surface area contributed by atoms with Crippen molar-refractivity contribution in [2.75, 3.05) is 25.9 Å². The lowest BCUT2D eigenvalue weighted by Crippen LogP contribution is -2.43. The van der Waals surface area contributed by atoms with Crippen molar-refractivity contribution in [1.82, 2.24) is 24.4 Å². The highest BCUT2D eigenvalue weighted by Crippen LogP contribution is 2.21. The zero-order chi connectivity index (χ0) is 18.9. The van der Waals surface area contributed by atoms with Crippen LogP contribution >= 0.6 is 0 Å². The Morgan fingerprint density at radius 1 is 1.38 bits per heavy atom. The molecule has 1 fully saturated rings. The zero-order valence-corrected chi connectivity index (χ0v) is 16.2. The van der Waals surface area contributed by atoms with Crippen LogP contribution in [-0.4, -0.2) is 59.9 Å². The Morgan fingerprint density at radius 3 is 2.85 bits per heavy atom. The van der Waals surface area contributed by atoms with Crippen LogP contribution in [0, 0.1) is 5.92 Å². The van der Waals surface area contributed by atoms with E-state index < -0.39 is 10.0 Å². The fourth-order valence-corrected chi connectivity index (χ4v) is 3.84. The summed E-state index contributed by atoms with van der Waals surface area (Å²) in [4.78, 5) is 19.1. The van der Waals surface area contributed by atoms with Crippen LogP contribution in [0.3, 0.4) is 0 Å². The van der Waals surface area contributed by atoms with Crippen LogP contribution < -0.4 is 4.72 Å². The van der Waals surface area contributed by atoms with Gasteiger partial charge in [-0.3, -0.25) is 4.79 Å². The molecule has 0 saturated carbocycles. The van der Waals surface area contributed by atoms with Crippen molar-refractivity contribution in [3.05, 3.63) is 24.0 Å². The van der Waals surface area contributed by atoms with Crippen molar-refractivity contribution in [3.8, 4) is 0 Å². The molecule has 0 aromatic carbocycles. The van der Waals surface area contributed by atoms with Gasteiger partial charge in [-0.2, -0.15) is 5.10 Å². The first-order chi connectivity index (χ1) is 12.2. The topological polar surface area (TPSA) is 97.2 Å². The van der Waals surface area contributed by atoms with Crippen LogP contribution in [0.25, 0.3) is 11.0 Å². The number of amides is 1. The lowest BCUT2D eigenvalue weighted by molar-refractivity contribution is 0.0676. The number of piperidine rings is 1. The minimum absolute atomic E-state index is 0.0687. The Hall–Kier alpha value is -2.00. The number of aromatic nitrogens is 3. The number of fused-ring (bicyclic) bond motifs is 1. The third kappa shape index (κ3) is 4.21. The van der Waals surface area contributed by atoms with Gasteiger partial charge in [0.25, 0.3) is 5.91 Å². The summed E-state index contributed by atoms with van der Waals surface area (Å²) in [6.07, 6.45) is 6.25. The molecular formula is C17H25N5O3S.